The van der Waals surface area contributed by atoms with E-state index in [4.69, 9.17) is 27.6 Å². The lowest BCUT2D eigenvalue weighted by Crippen LogP contribution is -2.26. The number of benzene rings is 2. The van der Waals surface area contributed by atoms with Gasteiger partial charge in [-0.25, -0.2) is 0 Å². The molecule has 1 aliphatic rings. The number of halogens is 2. The lowest BCUT2D eigenvalue weighted by molar-refractivity contribution is 0.119. The molecule has 0 aromatic heterocycles. The number of hydrogen-bond donors (Lipinski definition) is 0. The highest BCUT2D eigenvalue weighted by Gasteiger charge is 2.43. The maximum Gasteiger partial charge on any atom is 0.236 e. The molecule has 1 heterocycles. The molecule has 0 amide bonds. The van der Waals surface area contributed by atoms with Gasteiger partial charge in [-0.3, -0.25) is 4.90 Å². The van der Waals surface area contributed by atoms with E-state index in [9.17, 15) is 0 Å². The normalized spacial score (nSPS) is 21.7. The van der Waals surface area contributed by atoms with Crippen LogP contribution in [0, 0.1) is 0 Å². The molecule has 2 radical (unpaired) electrons. The molecule has 1 unspecified atom stereocenters. The Bertz CT molecular complexity index is 760. The maximum atomic E-state index is 6.58. The smallest absolute Gasteiger partial charge is 0.236 e. The standard InChI is InChI=1S/C22H27Cl2NOSi/c1-5-19-14-25(19)20(15-9-11-17(23)12-10-15)21(26-27-22(2,3)4)16-7-6-8-18(24)13-16/h6-13,19-21H,5,14H2,1-4H3/t19-,20+,21+,25?/m0/s1. The zero-order chi connectivity index (χ0) is 19.6. The second-order valence-electron chi connectivity index (χ2n) is 8.20. The second kappa shape index (κ2) is 8.67. The van der Waals surface area contributed by atoms with E-state index in [1.54, 1.807) is 0 Å². The third kappa shape index (κ3) is 5.58. The molecule has 1 saturated heterocycles. The van der Waals surface area contributed by atoms with Crippen LogP contribution in [-0.2, 0) is 4.43 Å². The molecule has 1 aliphatic heterocycles. The summed E-state index contributed by atoms with van der Waals surface area (Å²) >= 11 is 12.5. The summed E-state index contributed by atoms with van der Waals surface area (Å²) in [4.78, 5) is 2.53. The van der Waals surface area contributed by atoms with Crippen molar-refractivity contribution in [3.05, 3.63) is 69.7 Å². The molecule has 2 nitrogen and oxygen atoms in total. The molecule has 4 atom stereocenters. The first-order valence-corrected chi connectivity index (χ1v) is 11.1. The van der Waals surface area contributed by atoms with Crippen LogP contribution >= 0.6 is 23.2 Å². The Morgan fingerprint density at radius 1 is 1.07 bits per heavy atom. The van der Waals surface area contributed by atoms with Crippen LogP contribution in [-0.4, -0.2) is 27.2 Å². The van der Waals surface area contributed by atoms with E-state index < -0.39 is 0 Å². The maximum absolute atomic E-state index is 6.58. The summed E-state index contributed by atoms with van der Waals surface area (Å²) in [5, 5.41) is 1.62. The highest BCUT2D eigenvalue weighted by molar-refractivity contribution is 6.32. The molecule has 2 aromatic rings. The van der Waals surface area contributed by atoms with Gasteiger partial charge in [-0.15, -0.1) is 0 Å². The van der Waals surface area contributed by atoms with Crippen LogP contribution in [0.3, 0.4) is 0 Å². The SMILES string of the molecule is CC[C@H]1CN1[C@H](c1ccc(Cl)cc1)[C@H](O[Si]C(C)(C)C)c1cccc(Cl)c1. The summed E-state index contributed by atoms with van der Waals surface area (Å²) in [6, 6.07) is 17.0. The summed E-state index contributed by atoms with van der Waals surface area (Å²) < 4.78 is 6.58. The van der Waals surface area contributed by atoms with Crippen LogP contribution in [0.5, 0.6) is 0 Å². The van der Waals surface area contributed by atoms with Crippen molar-refractivity contribution in [1.29, 1.82) is 0 Å². The van der Waals surface area contributed by atoms with Crippen molar-refractivity contribution in [2.24, 2.45) is 0 Å². The molecule has 144 valence electrons. The Hall–Kier alpha value is -0.843. The quantitative estimate of drug-likeness (QED) is 0.364. The number of hydrogen-bond acceptors (Lipinski definition) is 2. The molecule has 0 bridgehead atoms. The van der Waals surface area contributed by atoms with Gasteiger partial charge in [0, 0.05) is 22.6 Å². The van der Waals surface area contributed by atoms with Crippen LogP contribution in [0.4, 0.5) is 0 Å². The molecular weight excluding hydrogens is 393 g/mol. The summed E-state index contributed by atoms with van der Waals surface area (Å²) in [5.74, 6) is 0. The zero-order valence-electron chi connectivity index (χ0n) is 16.4. The van der Waals surface area contributed by atoms with E-state index >= 15 is 0 Å². The largest absolute Gasteiger partial charge is 0.408 e. The van der Waals surface area contributed by atoms with Crippen LogP contribution in [0.25, 0.3) is 0 Å². The number of nitrogens with zero attached hydrogens (tertiary/aromatic N) is 1. The molecule has 5 heteroatoms. The lowest BCUT2D eigenvalue weighted by Gasteiger charge is -2.32. The Kier molecular flexibility index (Phi) is 6.70. The van der Waals surface area contributed by atoms with Crippen LogP contribution in [0.2, 0.25) is 15.1 Å². The Morgan fingerprint density at radius 2 is 1.78 bits per heavy atom. The fraction of sp³-hybridized carbons (Fsp3) is 0.455. The highest BCUT2D eigenvalue weighted by atomic mass is 35.5. The molecule has 27 heavy (non-hydrogen) atoms. The zero-order valence-corrected chi connectivity index (χ0v) is 18.9. The summed E-state index contributed by atoms with van der Waals surface area (Å²) in [6.07, 6.45) is 1.08. The average Bonchev–Trinajstić information content (AvgIpc) is 3.38. The second-order valence-corrected chi connectivity index (χ2v) is 11.0. The monoisotopic (exact) mass is 419 g/mol. The summed E-state index contributed by atoms with van der Waals surface area (Å²) in [6.45, 7) is 9.98. The van der Waals surface area contributed by atoms with Gasteiger partial charge in [-0.05, 0) is 46.9 Å². The van der Waals surface area contributed by atoms with Gasteiger partial charge in [0.1, 0.15) is 0 Å². The van der Waals surface area contributed by atoms with Gasteiger partial charge >= 0.3 is 0 Å². The first kappa shape index (κ1) is 20.9. The minimum atomic E-state index is -0.0704. The first-order valence-electron chi connectivity index (χ1n) is 9.48. The first-order chi connectivity index (χ1) is 12.8. The van der Waals surface area contributed by atoms with Gasteiger partial charge in [0.2, 0.25) is 9.76 Å². The highest BCUT2D eigenvalue weighted by Crippen LogP contribution is 2.45. The summed E-state index contributed by atoms with van der Waals surface area (Å²) in [5.41, 5.74) is 2.36. The molecular formula is C22H27Cl2NOSi. The van der Waals surface area contributed by atoms with Gasteiger partial charge in [0.05, 0.1) is 12.1 Å². The molecule has 1 fully saturated rings. The van der Waals surface area contributed by atoms with E-state index in [2.05, 4.69) is 50.8 Å². The Labute approximate surface area is 175 Å². The lowest BCUT2D eigenvalue weighted by atomic mass is 9.95. The van der Waals surface area contributed by atoms with Gasteiger partial charge in [-0.2, -0.15) is 0 Å². The van der Waals surface area contributed by atoms with Crippen LogP contribution < -0.4 is 0 Å². The fourth-order valence-corrected chi connectivity index (χ4v) is 4.41. The van der Waals surface area contributed by atoms with E-state index in [1.807, 2.05) is 30.3 Å². The van der Waals surface area contributed by atoms with Crippen molar-refractivity contribution in [3.63, 3.8) is 0 Å². The molecule has 0 aliphatic carbocycles. The van der Waals surface area contributed by atoms with Gasteiger partial charge in [0.25, 0.3) is 0 Å². The number of rotatable bonds is 7. The molecule has 0 spiro atoms. The van der Waals surface area contributed by atoms with Crippen molar-refractivity contribution >= 4 is 33.0 Å². The van der Waals surface area contributed by atoms with Crippen molar-refractivity contribution in [2.45, 2.75) is 57.3 Å². The minimum Gasteiger partial charge on any atom is -0.408 e. The predicted molar refractivity (Wildman–Crippen MR) is 116 cm³/mol. The average molecular weight is 420 g/mol. The molecule has 2 aromatic carbocycles. The Balaban J connectivity index is 1.99. The summed E-state index contributed by atoms with van der Waals surface area (Å²) in [7, 11) is 0.397. The topological polar surface area (TPSA) is 12.2 Å². The van der Waals surface area contributed by atoms with Crippen molar-refractivity contribution in [2.75, 3.05) is 6.54 Å². The van der Waals surface area contributed by atoms with E-state index in [0.717, 1.165) is 28.6 Å². The third-order valence-electron chi connectivity index (χ3n) is 4.75. The molecule has 0 saturated carbocycles. The van der Waals surface area contributed by atoms with Gasteiger partial charge in [-0.1, -0.05) is 75.2 Å². The third-order valence-corrected chi connectivity index (χ3v) is 6.22. The molecule has 0 N–H and O–H groups in total. The van der Waals surface area contributed by atoms with E-state index in [1.165, 1.54) is 5.56 Å². The predicted octanol–water partition coefficient (Wildman–Crippen LogP) is 6.72. The van der Waals surface area contributed by atoms with E-state index in [-0.39, 0.29) is 17.2 Å². The van der Waals surface area contributed by atoms with Crippen molar-refractivity contribution < 1.29 is 4.43 Å². The van der Waals surface area contributed by atoms with Crippen LogP contribution in [0.1, 0.15) is 57.4 Å². The van der Waals surface area contributed by atoms with Crippen molar-refractivity contribution in [3.8, 4) is 0 Å². The van der Waals surface area contributed by atoms with E-state index in [0.29, 0.717) is 15.8 Å². The van der Waals surface area contributed by atoms with Gasteiger partial charge in [0.15, 0.2) is 0 Å². The fourth-order valence-electron chi connectivity index (χ4n) is 3.34. The van der Waals surface area contributed by atoms with Gasteiger partial charge < -0.3 is 4.43 Å². The Morgan fingerprint density at radius 3 is 2.33 bits per heavy atom. The van der Waals surface area contributed by atoms with Crippen LogP contribution in [0.15, 0.2) is 48.5 Å². The molecule has 3 rings (SSSR count). The van der Waals surface area contributed by atoms with Crippen molar-refractivity contribution in [1.82, 2.24) is 4.90 Å². The minimum absolute atomic E-state index is 0.0704.